The number of H-pyrrole nitrogens is 1. The fourth-order valence-electron chi connectivity index (χ4n) is 2.28. The van der Waals surface area contributed by atoms with Gasteiger partial charge in [0.1, 0.15) is 0 Å². The van der Waals surface area contributed by atoms with Crippen LogP contribution in [0.25, 0.3) is 0 Å². The highest BCUT2D eigenvalue weighted by Crippen LogP contribution is 2.15. The van der Waals surface area contributed by atoms with E-state index in [0.29, 0.717) is 12.1 Å². The molecule has 1 fully saturated rings. The Morgan fingerprint density at radius 1 is 1.62 bits per heavy atom. The number of piperidine rings is 1. The van der Waals surface area contributed by atoms with Gasteiger partial charge in [-0.25, -0.2) is 0 Å². The molecule has 1 aliphatic heterocycles. The maximum Gasteiger partial charge on any atom is 0.0535 e. The summed E-state index contributed by atoms with van der Waals surface area (Å²) < 4.78 is 0. The first-order valence-electron chi connectivity index (χ1n) is 6.09. The second-order valence-electron chi connectivity index (χ2n) is 4.95. The number of aryl methyl sites for hydroxylation is 1. The van der Waals surface area contributed by atoms with Crippen molar-refractivity contribution in [3.05, 3.63) is 17.5 Å². The molecular weight excluding hydrogens is 200 g/mol. The van der Waals surface area contributed by atoms with Crippen LogP contribution in [0.3, 0.4) is 0 Å². The Balaban J connectivity index is 1.81. The fourth-order valence-corrected chi connectivity index (χ4v) is 2.28. The van der Waals surface area contributed by atoms with Crippen LogP contribution < -0.4 is 5.32 Å². The summed E-state index contributed by atoms with van der Waals surface area (Å²) in [6.07, 6.45) is 4.41. The summed E-state index contributed by atoms with van der Waals surface area (Å²) in [5, 5.41) is 10.6. The first-order valence-corrected chi connectivity index (χ1v) is 6.09. The molecule has 90 valence electrons. The van der Waals surface area contributed by atoms with Gasteiger partial charge in [-0.2, -0.15) is 5.10 Å². The summed E-state index contributed by atoms with van der Waals surface area (Å²) in [6, 6.07) is 1.34. The van der Waals surface area contributed by atoms with Crippen molar-refractivity contribution in [1.29, 1.82) is 0 Å². The van der Waals surface area contributed by atoms with E-state index in [-0.39, 0.29) is 0 Å². The van der Waals surface area contributed by atoms with Gasteiger partial charge in [-0.05, 0) is 40.3 Å². The lowest BCUT2D eigenvalue weighted by atomic mass is 9.99. The number of nitrogens with one attached hydrogen (secondary N) is 2. The van der Waals surface area contributed by atoms with E-state index in [1.165, 1.54) is 30.6 Å². The van der Waals surface area contributed by atoms with Gasteiger partial charge < -0.3 is 10.2 Å². The maximum atomic E-state index is 4.04. The monoisotopic (exact) mass is 222 g/mol. The standard InChI is InChI=1S/C12H22N4/c1-9-6-12(4-5-16(9)3)13-7-11-8-14-15-10(11)2/h8-9,12-13H,4-7H2,1-3H3,(H,14,15). The zero-order valence-electron chi connectivity index (χ0n) is 10.5. The molecule has 1 aromatic rings. The van der Waals surface area contributed by atoms with E-state index in [9.17, 15) is 0 Å². The number of likely N-dealkylation sites (tertiary alicyclic amines) is 1. The molecule has 0 aromatic carbocycles. The number of aromatic amines is 1. The highest BCUT2D eigenvalue weighted by Gasteiger charge is 2.22. The molecule has 0 amide bonds. The molecule has 1 saturated heterocycles. The van der Waals surface area contributed by atoms with Crippen LogP contribution in [-0.4, -0.2) is 40.8 Å². The first-order chi connectivity index (χ1) is 7.66. The van der Waals surface area contributed by atoms with Gasteiger partial charge in [-0.1, -0.05) is 0 Å². The first kappa shape index (κ1) is 11.6. The molecule has 2 rings (SSSR count). The Morgan fingerprint density at radius 3 is 3.06 bits per heavy atom. The summed E-state index contributed by atoms with van der Waals surface area (Å²) in [6.45, 7) is 6.50. The fraction of sp³-hybridized carbons (Fsp3) is 0.750. The summed E-state index contributed by atoms with van der Waals surface area (Å²) in [5.74, 6) is 0. The van der Waals surface area contributed by atoms with Gasteiger partial charge in [0.15, 0.2) is 0 Å². The molecule has 1 aliphatic rings. The van der Waals surface area contributed by atoms with Gasteiger partial charge in [0.25, 0.3) is 0 Å². The zero-order valence-corrected chi connectivity index (χ0v) is 10.5. The van der Waals surface area contributed by atoms with Crippen molar-refractivity contribution in [3.63, 3.8) is 0 Å². The molecule has 4 nitrogen and oxygen atoms in total. The van der Waals surface area contributed by atoms with Crippen molar-refractivity contribution in [1.82, 2.24) is 20.4 Å². The van der Waals surface area contributed by atoms with E-state index >= 15 is 0 Å². The predicted octanol–water partition coefficient (Wildman–Crippen LogP) is 1.29. The summed E-state index contributed by atoms with van der Waals surface area (Å²) >= 11 is 0. The third kappa shape index (κ3) is 2.62. The lowest BCUT2D eigenvalue weighted by Crippen LogP contribution is -2.45. The Labute approximate surface area is 97.4 Å². The Hall–Kier alpha value is -0.870. The third-order valence-corrected chi connectivity index (χ3v) is 3.72. The Kier molecular flexibility index (Phi) is 3.61. The van der Waals surface area contributed by atoms with Crippen molar-refractivity contribution in [2.24, 2.45) is 0 Å². The number of nitrogens with zero attached hydrogens (tertiary/aromatic N) is 2. The van der Waals surface area contributed by atoms with Gasteiger partial charge in [-0.15, -0.1) is 0 Å². The largest absolute Gasteiger partial charge is 0.310 e. The van der Waals surface area contributed by atoms with Crippen molar-refractivity contribution < 1.29 is 0 Å². The summed E-state index contributed by atoms with van der Waals surface area (Å²) in [4.78, 5) is 2.43. The molecule has 2 heterocycles. The minimum atomic E-state index is 0.653. The van der Waals surface area contributed by atoms with Crippen LogP contribution in [0.2, 0.25) is 0 Å². The molecule has 0 spiro atoms. The van der Waals surface area contributed by atoms with Gasteiger partial charge in [0.2, 0.25) is 0 Å². The van der Waals surface area contributed by atoms with Crippen LogP contribution in [0.4, 0.5) is 0 Å². The molecule has 0 saturated carbocycles. The van der Waals surface area contributed by atoms with E-state index in [0.717, 1.165) is 6.54 Å². The molecule has 2 N–H and O–H groups in total. The summed E-state index contributed by atoms with van der Waals surface area (Å²) in [5.41, 5.74) is 2.46. The van der Waals surface area contributed by atoms with Gasteiger partial charge in [0, 0.05) is 29.9 Å². The second-order valence-corrected chi connectivity index (χ2v) is 4.95. The van der Waals surface area contributed by atoms with E-state index in [1.54, 1.807) is 0 Å². The third-order valence-electron chi connectivity index (χ3n) is 3.72. The van der Waals surface area contributed by atoms with Crippen molar-refractivity contribution in [2.45, 2.75) is 45.3 Å². The highest BCUT2D eigenvalue weighted by molar-refractivity contribution is 5.13. The predicted molar refractivity (Wildman–Crippen MR) is 65.3 cm³/mol. The lowest BCUT2D eigenvalue weighted by Gasteiger charge is -2.35. The van der Waals surface area contributed by atoms with Crippen LogP contribution in [0.1, 0.15) is 31.0 Å². The van der Waals surface area contributed by atoms with Crippen molar-refractivity contribution in [2.75, 3.05) is 13.6 Å². The maximum absolute atomic E-state index is 4.04. The molecule has 4 heteroatoms. The second kappa shape index (κ2) is 4.97. The number of hydrogen-bond donors (Lipinski definition) is 2. The number of rotatable bonds is 3. The van der Waals surface area contributed by atoms with Crippen LogP contribution in [0, 0.1) is 6.92 Å². The number of hydrogen-bond acceptors (Lipinski definition) is 3. The van der Waals surface area contributed by atoms with Crippen molar-refractivity contribution in [3.8, 4) is 0 Å². The quantitative estimate of drug-likeness (QED) is 0.810. The van der Waals surface area contributed by atoms with Crippen LogP contribution in [0.5, 0.6) is 0 Å². The SMILES string of the molecule is Cc1[nH]ncc1CNC1CCN(C)C(C)C1. The van der Waals surface area contributed by atoms with Crippen LogP contribution in [-0.2, 0) is 6.54 Å². The van der Waals surface area contributed by atoms with Crippen molar-refractivity contribution >= 4 is 0 Å². The smallest absolute Gasteiger partial charge is 0.0535 e. The average Bonchev–Trinajstić information content (AvgIpc) is 2.66. The van der Waals surface area contributed by atoms with Crippen LogP contribution >= 0.6 is 0 Å². The molecule has 2 unspecified atom stereocenters. The molecular formula is C12H22N4. The van der Waals surface area contributed by atoms with E-state index in [2.05, 4.69) is 41.3 Å². The molecule has 16 heavy (non-hydrogen) atoms. The molecule has 2 atom stereocenters. The zero-order chi connectivity index (χ0) is 11.5. The molecule has 0 aliphatic carbocycles. The van der Waals surface area contributed by atoms with Gasteiger partial charge in [-0.3, -0.25) is 5.10 Å². The minimum Gasteiger partial charge on any atom is -0.310 e. The highest BCUT2D eigenvalue weighted by atomic mass is 15.1. The normalized spacial score (nSPS) is 27.2. The minimum absolute atomic E-state index is 0.653. The van der Waals surface area contributed by atoms with Crippen LogP contribution in [0.15, 0.2) is 6.20 Å². The topological polar surface area (TPSA) is 44.0 Å². The Bertz CT molecular complexity index is 334. The van der Waals surface area contributed by atoms with E-state index in [1.807, 2.05) is 6.20 Å². The molecule has 1 aromatic heterocycles. The average molecular weight is 222 g/mol. The molecule has 0 radical (unpaired) electrons. The molecule has 0 bridgehead atoms. The van der Waals surface area contributed by atoms with Gasteiger partial charge in [0.05, 0.1) is 6.20 Å². The lowest BCUT2D eigenvalue weighted by molar-refractivity contribution is 0.168. The summed E-state index contributed by atoms with van der Waals surface area (Å²) in [7, 11) is 2.21. The Morgan fingerprint density at radius 2 is 2.44 bits per heavy atom. The van der Waals surface area contributed by atoms with E-state index < -0.39 is 0 Å². The van der Waals surface area contributed by atoms with E-state index in [4.69, 9.17) is 0 Å². The van der Waals surface area contributed by atoms with Gasteiger partial charge >= 0.3 is 0 Å². The number of aromatic nitrogens is 2.